The quantitative estimate of drug-likeness (QED) is 0.866. The van der Waals surface area contributed by atoms with Crippen molar-refractivity contribution in [1.82, 2.24) is 15.2 Å². The van der Waals surface area contributed by atoms with Crippen LogP contribution in [0.3, 0.4) is 0 Å². The Morgan fingerprint density at radius 2 is 2.04 bits per heavy atom. The number of aliphatic hydroxyl groups excluding tert-OH is 1. The number of carbonyl (C=O) groups is 1. The number of rotatable bonds is 5. The Morgan fingerprint density at radius 1 is 1.38 bits per heavy atom. The molecule has 1 unspecified atom stereocenters. The van der Waals surface area contributed by atoms with Gasteiger partial charge in [0.05, 0.1) is 6.10 Å². The molecular formula is C18H30N4O2. The second-order valence-electron chi connectivity index (χ2n) is 7.00. The van der Waals surface area contributed by atoms with E-state index in [0.717, 1.165) is 37.3 Å². The molecule has 2 N–H and O–H groups in total. The number of nitrogens with one attached hydrogen (secondary N) is 1. The highest BCUT2D eigenvalue weighted by Gasteiger charge is 2.25. The van der Waals surface area contributed by atoms with E-state index >= 15 is 0 Å². The van der Waals surface area contributed by atoms with Gasteiger partial charge in [-0.1, -0.05) is 6.07 Å². The monoisotopic (exact) mass is 334 g/mol. The zero-order chi connectivity index (χ0) is 17.7. The lowest BCUT2D eigenvalue weighted by Crippen LogP contribution is -2.52. The third-order valence-corrected chi connectivity index (χ3v) is 4.39. The van der Waals surface area contributed by atoms with Gasteiger partial charge in [-0.05, 0) is 52.2 Å². The first-order valence-electron chi connectivity index (χ1n) is 8.79. The molecule has 2 rings (SSSR count). The molecule has 24 heavy (non-hydrogen) atoms. The Balaban J connectivity index is 1.85. The summed E-state index contributed by atoms with van der Waals surface area (Å²) in [5, 5.41) is 12.7. The number of pyridine rings is 1. The number of nitrogens with zero attached hydrogens (tertiary/aromatic N) is 3. The number of anilines is 1. The van der Waals surface area contributed by atoms with Crippen molar-refractivity contribution in [1.29, 1.82) is 0 Å². The first kappa shape index (κ1) is 18.5. The number of carbonyl (C=O) groups excluding carboxylic acids is 1. The zero-order valence-corrected chi connectivity index (χ0v) is 15.2. The van der Waals surface area contributed by atoms with Crippen molar-refractivity contribution in [3.8, 4) is 0 Å². The van der Waals surface area contributed by atoms with Crippen molar-refractivity contribution in [2.45, 2.75) is 58.7 Å². The van der Waals surface area contributed by atoms with Gasteiger partial charge >= 0.3 is 6.03 Å². The van der Waals surface area contributed by atoms with Gasteiger partial charge in [0.25, 0.3) is 0 Å². The maximum absolute atomic E-state index is 12.5. The fourth-order valence-corrected chi connectivity index (χ4v) is 2.97. The zero-order valence-electron chi connectivity index (χ0n) is 15.2. The largest absolute Gasteiger partial charge is 0.392 e. The molecule has 1 aliphatic rings. The third kappa shape index (κ3) is 5.09. The first-order valence-corrected chi connectivity index (χ1v) is 8.79. The molecule has 1 aromatic heterocycles. The molecule has 134 valence electrons. The van der Waals surface area contributed by atoms with Gasteiger partial charge in [-0.25, -0.2) is 9.78 Å². The van der Waals surface area contributed by atoms with Crippen LogP contribution in [0.1, 0.15) is 39.2 Å². The van der Waals surface area contributed by atoms with Gasteiger partial charge in [-0.3, -0.25) is 0 Å². The Hall–Kier alpha value is -1.82. The minimum absolute atomic E-state index is 0.0662. The van der Waals surface area contributed by atoms with Gasteiger partial charge in [0.1, 0.15) is 5.82 Å². The van der Waals surface area contributed by atoms with Gasteiger partial charge in [0, 0.05) is 37.9 Å². The van der Waals surface area contributed by atoms with Crippen molar-refractivity contribution in [3.05, 3.63) is 23.9 Å². The highest BCUT2D eigenvalue weighted by atomic mass is 16.3. The molecule has 1 atom stereocenters. The van der Waals surface area contributed by atoms with Crippen LogP contribution in [0.4, 0.5) is 10.6 Å². The average Bonchev–Trinajstić information content (AvgIpc) is 2.53. The lowest BCUT2D eigenvalue weighted by molar-refractivity contribution is 0.116. The van der Waals surface area contributed by atoms with Gasteiger partial charge in [-0.15, -0.1) is 0 Å². The molecule has 0 aromatic carbocycles. The minimum atomic E-state index is -0.521. The lowest BCUT2D eigenvalue weighted by atomic mass is 10.1. The van der Waals surface area contributed by atoms with Crippen LogP contribution in [0.25, 0.3) is 0 Å². The third-order valence-electron chi connectivity index (χ3n) is 4.39. The number of urea groups is 1. The van der Waals surface area contributed by atoms with E-state index in [2.05, 4.69) is 27.3 Å². The topological polar surface area (TPSA) is 68.7 Å². The molecule has 1 aromatic rings. The SMILES string of the molecule is Cc1ccc(N2CCC(NC(=O)N(CC(C)O)C(C)C)CC2)nc1. The molecule has 0 spiro atoms. The molecule has 1 saturated heterocycles. The molecular weight excluding hydrogens is 304 g/mol. The van der Waals surface area contributed by atoms with E-state index in [1.165, 1.54) is 0 Å². The summed E-state index contributed by atoms with van der Waals surface area (Å²) in [6.07, 6.45) is 3.18. The van der Waals surface area contributed by atoms with E-state index in [0.29, 0.717) is 6.54 Å². The van der Waals surface area contributed by atoms with E-state index in [1.807, 2.05) is 27.0 Å². The van der Waals surface area contributed by atoms with Gasteiger partial charge in [0.15, 0.2) is 0 Å². The van der Waals surface area contributed by atoms with Crippen LogP contribution in [0.2, 0.25) is 0 Å². The number of aryl methyl sites for hydroxylation is 1. The normalized spacial score (nSPS) is 17.0. The molecule has 1 aliphatic heterocycles. The molecule has 2 heterocycles. The van der Waals surface area contributed by atoms with Crippen LogP contribution in [-0.2, 0) is 0 Å². The van der Waals surface area contributed by atoms with E-state index in [4.69, 9.17) is 0 Å². The predicted molar refractivity (Wildman–Crippen MR) is 96.3 cm³/mol. The van der Waals surface area contributed by atoms with E-state index < -0.39 is 6.10 Å². The number of piperidine rings is 1. The minimum Gasteiger partial charge on any atom is -0.392 e. The molecule has 6 heteroatoms. The highest BCUT2D eigenvalue weighted by Crippen LogP contribution is 2.18. The van der Waals surface area contributed by atoms with Crippen molar-refractivity contribution in [2.75, 3.05) is 24.5 Å². The molecule has 0 aliphatic carbocycles. The Kier molecular flexibility index (Phi) is 6.43. The Morgan fingerprint density at radius 3 is 2.54 bits per heavy atom. The molecule has 0 bridgehead atoms. The number of aliphatic hydroxyl groups is 1. The van der Waals surface area contributed by atoms with Gasteiger partial charge in [-0.2, -0.15) is 0 Å². The Bertz CT molecular complexity index is 522. The van der Waals surface area contributed by atoms with E-state index in [1.54, 1.807) is 11.8 Å². The number of amides is 2. The maximum atomic E-state index is 12.5. The van der Waals surface area contributed by atoms with Crippen molar-refractivity contribution in [2.24, 2.45) is 0 Å². The highest BCUT2D eigenvalue weighted by molar-refractivity contribution is 5.75. The van der Waals surface area contributed by atoms with E-state index in [9.17, 15) is 9.90 Å². The number of hydrogen-bond acceptors (Lipinski definition) is 4. The van der Waals surface area contributed by atoms with Crippen molar-refractivity contribution >= 4 is 11.8 Å². The average molecular weight is 334 g/mol. The van der Waals surface area contributed by atoms with Crippen LogP contribution >= 0.6 is 0 Å². The van der Waals surface area contributed by atoms with Crippen LogP contribution in [0.15, 0.2) is 18.3 Å². The maximum Gasteiger partial charge on any atom is 0.317 e. The lowest BCUT2D eigenvalue weighted by Gasteiger charge is -2.35. The summed E-state index contributed by atoms with van der Waals surface area (Å²) in [4.78, 5) is 20.9. The van der Waals surface area contributed by atoms with Crippen LogP contribution in [0.5, 0.6) is 0 Å². The first-order chi connectivity index (χ1) is 11.4. The van der Waals surface area contributed by atoms with Crippen LogP contribution in [0, 0.1) is 6.92 Å². The van der Waals surface area contributed by atoms with E-state index in [-0.39, 0.29) is 18.1 Å². The second-order valence-corrected chi connectivity index (χ2v) is 7.00. The fraction of sp³-hybridized carbons (Fsp3) is 0.667. The van der Waals surface area contributed by atoms with Crippen LogP contribution in [-0.4, -0.2) is 58.8 Å². The predicted octanol–water partition coefficient (Wildman–Crippen LogP) is 2.16. The Labute approximate surface area is 144 Å². The molecule has 1 fully saturated rings. The summed E-state index contributed by atoms with van der Waals surface area (Å²) in [6, 6.07) is 4.29. The molecule has 2 amide bonds. The van der Waals surface area contributed by atoms with Gasteiger partial charge < -0.3 is 20.2 Å². The standard InChI is InChI=1S/C18H30N4O2/c1-13(2)22(12-15(4)23)18(24)20-16-7-9-21(10-8-16)17-6-5-14(3)11-19-17/h5-6,11,13,15-16,23H,7-10,12H2,1-4H3,(H,20,24). The summed E-state index contributed by atoms with van der Waals surface area (Å²) in [5.74, 6) is 1.00. The molecule has 0 saturated carbocycles. The van der Waals surface area contributed by atoms with Crippen molar-refractivity contribution < 1.29 is 9.90 Å². The van der Waals surface area contributed by atoms with Crippen LogP contribution < -0.4 is 10.2 Å². The molecule has 0 radical (unpaired) electrons. The summed E-state index contributed by atoms with van der Waals surface area (Å²) in [7, 11) is 0. The summed E-state index contributed by atoms with van der Waals surface area (Å²) in [6.45, 7) is 9.80. The van der Waals surface area contributed by atoms with Gasteiger partial charge in [0.2, 0.25) is 0 Å². The smallest absolute Gasteiger partial charge is 0.317 e. The fourth-order valence-electron chi connectivity index (χ4n) is 2.97. The number of hydrogen-bond donors (Lipinski definition) is 2. The summed E-state index contributed by atoms with van der Waals surface area (Å²) >= 11 is 0. The number of aromatic nitrogens is 1. The summed E-state index contributed by atoms with van der Waals surface area (Å²) in [5.41, 5.74) is 1.16. The second kappa shape index (κ2) is 8.33. The van der Waals surface area contributed by atoms with Crippen molar-refractivity contribution in [3.63, 3.8) is 0 Å². The molecule has 6 nitrogen and oxygen atoms in total. The summed E-state index contributed by atoms with van der Waals surface area (Å²) < 4.78 is 0.